The summed E-state index contributed by atoms with van der Waals surface area (Å²) in [7, 11) is -3.17. The molecule has 1 aromatic heterocycles. The number of anilines is 1. The van der Waals surface area contributed by atoms with E-state index in [1.807, 2.05) is 13.8 Å². The summed E-state index contributed by atoms with van der Waals surface area (Å²) in [5.41, 5.74) is 0.973. The highest BCUT2D eigenvalue weighted by atomic mass is 32.2. The molecule has 0 aliphatic rings. The zero-order valence-electron chi connectivity index (χ0n) is 12.3. The van der Waals surface area contributed by atoms with Crippen LogP contribution >= 0.6 is 0 Å². The lowest BCUT2D eigenvalue weighted by Crippen LogP contribution is -2.10. The Morgan fingerprint density at radius 3 is 2.33 bits per heavy atom. The molecule has 0 fully saturated rings. The SMILES string of the molecule is CCc1nnc(N[C@H](CC)c2ccc(S(C)(=O)=O)cc2)o1. The predicted molar refractivity (Wildman–Crippen MR) is 79.9 cm³/mol. The molecule has 0 bridgehead atoms. The van der Waals surface area contributed by atoms with Crippen LogP contribution in [-0.4, -0.2) is 24.9 Å². The number of hydrogen-bond acceptors (Lipinski definition) is 6. The van der Waals surface area contributed by atoms with Gasteiger partial charge in [0.05, 0.1) is 10.9 Å². The molecule has 6 nitrogen and oxygen atoms in total. The number of benzene rings is 1. The lowest BCUT2D eigenvalue weighted by Gasteiger charge is -2.16. The predicted octanol–water partition coefficient (Wildman–Crippen LogP) is 2.60. The topological polar surface area (TPSA) is 85.1 Å². The highest BCUT2D eigenvalue weighted by Gasteiger charge is 2.14. The molecular weight excluding hydrogens is 290 g/mol. The van der Waals surface area contributed by atoms with Crippen molar-refractivity contribution < 1.29 is 12.8 Å². The van der Waals surface area contributed by atoms with Gasteiger partial charge >= 0.3 is 6.01 Å². The maximum Gasteiger partial charge on any atom is 0.315 e. The first-order valence-corrected chi connectivity index (χ1v) is 8.72. The maximum absolute atomic E-state index is 11.5. The van der Waals surface area contributed by atoms with Crippen LogP contribution in [0.1, 0.15) is 37.8 Å². The van der Waals surface area contributed by atoms with Gasteiger partial charge < -0.3 is 9.73 Å². The molecule has 2 rings (SSSR count). The molecule has 1 heterocycles. The number of sulfone groups is 1. The minimum Gasteiger partial charge on any atom is -0.408 e. The van der Waals surface area contributed by atoms with Crippen molar-refractivity contribution in [2.75, 3.05) is 11.6 Å². The number of rotatable bonds is 6. The van der Waals surface area contributed by atoms with E-state index < -0.39 is 9.84 Å². The summed E-state index contributed by atoms with van der Waals surface area (Å²) in [6.07, 6.45) is 2.69. The largest absolute Gasteiger partial charge is 0.408 e. The van der Waals surface area contributed by atoms with Crippen LogP contribution in [-0.2, 0) is 16.3 Å². The Morgan fingerprint density at radius 1 is 1.19 bits per heavy atom. The second-order valence-electron chi connectivity index (χ2n) is 4.80. The Kier molecular flexibility index (Phi) is 4.62. The summed E-state index contributed by atoms with van der Waals surface area (Å²) >= 11 is 0. The molecule has 0 spiro atoms. The van der Waals surface area contributed by atoms with Gasteiger partial charge in [-0.05, 0) is 24.1 Å². The average Bonchev–Trinajstić information content (AvgIpc) is 2.92. The normalized spacial score (nSPS) is 13.1. The van der Waals surface area contributed by atoms with Gasteiger partial charge in [0.15, 0.2) is 9.84 Å². The lowest BCUT2D eigenvalue weighted by molar-refractivity contribution is 0.503. The van der Waals surface area contributed by atoms with Crippen LogP contribution in [0.3, 0.4) is 0 Å². The van der Waals surface area contributed by atoms with E-state index in [0.717, 1.165) is 12.0 Å². The molecule has 0 aliphatic carbocycles. The number of nitrogens with one attached hydrogen (secondary N) is 1. The van der Waals surface area contributed by atoms with Crippen molar-refractivity contribution in [3.8, 4) is 0 Å². The second-order valence-corrected chi connectivity index (χ2v) is 6.82. The van der Waals surface area contributed by atoms with Crippen molar-refractivity contribution in [1.82, 2.24) is 10.2 Å². The van der Waals surface area contributed by atoms with Gasteiger partial charge in [-0.15, -0.1) is 5.10 Å². The third-order valence-corrected chi connectivity index (χ3v) is 4.31. The Labute approximate surface area is 124 Å². The van der Waals surface area contributed by atoms with E-state index in [-0.39, 0.29) is 6.04 Å². The van der Waals surface area contributed by atoms with Crippen LogP contribution in [0.4, 0.5) is 6.01 Å². The van der Waals surface area contributed by atoms with Crippen LogP contribution in [0.25, 0.3) is 0 Å². The zero-order valence-corrected chi connectivity index (χ0v) is 13.1. The number of aryl methyl sites for hydroxylation is 1. The van der Waals surface area contributed by atoms with Crippen LogP contribution in [0.2, 0.25) is 0 Å². The molecule has 0 saturated carbocycles. The van der Waals surface area contributed by atoms with Gasteiger partial charge in [0, 0.05) is 12.7 Å². The van der Waals surface area contributed by atoms with Gasteiger partial charge in [-0.3, -0.25) is 0 Å². The molecule has 1 N–H and O–H groups in total. The van der Waals surface area contributed by atoms with Crippen molar-refractivity contribution >= 4 is 15.9 Å². The number of hydrogen-bond donors (Lipinski definition) is 1. The molecule has 0 amide bonds. The third kappa shape index (κ3) is 3.81. The molecule has 0 unspecified atom stereocenters. The Morgan fingerprint density at radius 2 is 1.86 bits per heavy atom. The van der Waals surface area contributed by atoms with E-state index in [2.05, 4.69) is 15.5 Å². The van der Waals surface area contributed by atoms with Crippen molar-refractivity contribution in [2.45, 2.75) is 37.6 Å². The van der Waals surface area contributed by atoms with Crippen molar-refractivity contribution in [1.29, 1.82) is 0 Å². The quantitative estimate of drug-likeness (QED) is 0.883. The fourth-order valence-electron chi connectivity index (χ4n) is 1.97. The van der Waals surface area contributed by atoms with Crippen molar-refractivity contribution in [3.63, 3.8) is 0 Å². The highest BCUT2D eigenvalue weighted by Crippen LogP contribution is 2.23. The lowest BCUT2D eigenvalue weighted by atomic mass is 10.1. The summed E-state index contributed by atoms with van der Waals surface area (Å²) in [4.78, 5) is 0.312. The molecule has 1 atom stereocenters. The molecule has 0 saturated heterocycles. The van der Waals surface area contributed by atoms with E-state index in [9.17, 15) is 8.42 Å². The number of nitrogens with zero attached hydrogens (tertiary/aromatic N) is 2. The van der Waals surface area contributed by atoms with Gasteiger partial charge in [-0.25, -0.2) is 8.42 Å². The Balaban J connectivity index is 2.17. The van der Waals surface area contributed by atoms with Gasteiger partial charge in [-0.2, -0.15) is 0 Å². The fraction of sp³-hybridized carbons (Fsp3) is 0.429. The first-order valence-electron chi connectivity index (χ1n) is 6.83. The summed E-state index contributed by atoms with van der Waals surface area (Å²) in [5.74, 6) is 0.583. The van der Waals surface area contributed by atoms with Crippen molar-refractivity contribution in [3.05, 3.63) is 35.7 Å². The summed E-state index contributed by atoms with van der Waals surface area (Å²) in [5, 5.41) is 11.0. The van der Waals surface area contributed by atoms with Gasteiger partial charge in [0.2, 0.25) is 5.89 Å². The molecule has 0 radical (unpaired) electrons. The third-order valence-electron chi connectivity index (χ3n) is 3.19. The summed E-state index contributed by atoms with van der Waals surface area (Å²) in [6.45, 7) is 3.97. The highest BCUT2D eigenvalue weighted by molar-refractivity contribution is 7.90. The van der Waals surface area contributed by atoms with Crippen molar-refractivity contribution in [2.24, 2.45) is 0 Å². The molecule has 7 heteroatoms. The standard InChI is InChI=1S/C14H19N3O3S/c1-4-12(15-14-17-16-13(5-2)20-14)10-6-8-11(9-7-10)21(3,18)19/h6-9,12H,4-5H2,1-3H3,(H,15,17)/t12-/m1/s1. The zero-order chi connectivity index (χ0) is 15.5. The Hall–Kier alpha value is -1.89. The van der Waals surface area contributed by atoms with E-state index in [1.165, 1.54) is 6.26 Å². The van der Waals surface area contributed by atoms with Crippen LogP contribution in [0.5, 0.6) is 0 Å². The minimum absolute atomic E-state index is 0.0104. The smallest absolute Gasteiger partial charge is 0.315 e. The van der Waals surface area contributed by atoms with Gasteiger partial charge in [0.1, 0.15) is 0 Å². The average molecular weight is 309 g/mol. The second kappa shape index (κ2) is 6.26. The van der Waals surface area contributed by atoms with Crippen LogP contribution in [0, 0.1) is 0 Å². The molecule has 1 aromatic carbocycles. The van der Waals surface area contributed by atoms with E-state index in [0.29, 0.717) is 23.2 Å². The molecule has 21 heavy (non-hydrogen) atoms. The molecule has 0 aliphatic heterocycles. The molecule has 2 aromatic rings. The first kappa shape index (κ1) is 15.5. The fourth-order valence-corrected chi connectivity index (χ4v) is 2.60. The van der Waals surface area contributed by atoms with Gasteiger partial charge in [-0.1, -0.05) is 31.1 Å². The summed E-state index contributed by atoms with van der Waals surface area (Å²) < 4.78 is 28.4. The van der Waals surface area contributed by atoms with Crippen LogP contribution in [0.15, 0.2) is 33.6 Å². The molecular formula is C14H19N3O3S. The van der Waals surface area contributed by atoms with E-state index >= 15 is 0 Å². The molecule has 114 valence electrons. The van der Waals surface area contributed by atoms with Gasteiger partial charge in [0.25, 0.3) is 0 Å². The first-order chi connectivity index (χ1) is 9.94. The number of aromatic nitrogens is 2. The van der Waals surface area contributed by atoms with Crippen LogP contribution < -0.4 is 5.32 Å². The monoisotopic (exact) mass is 309 g/mol. The summed E-state index contributed by atoms with van der Waals surface area (Å²) in [6, 6.07) is 7.19. The maximum atomic E-state index is 11.5. The van der Waals surface area contributed by atoms with E-state index in [4.69, 9.17) is 4.42 Å². The van der Waals surface area contributed by atoms with E-state index in [1.54, 1.807) is 24.3 Å². The Bertz CT molecular complexity index is 693. The minimum atomic E-state index is -3.17.